The molecule has 29 heavy (non-hydrogen) atoms. The standard InChI is InChI=1S/C22H24N4O2S/c1-17-9-10-19(15-21(17)29(27,28)26-13-5-6-14-26)20-11-12-22(25-24-20)23-16-18-7-3-2-4-8-18/h2-4,7-12,15H,5-6,13-14,16H2,1H3,(H,23,25). The van der Waals surface area contributed by atoms with Crippen LogP contribution in [0.5, 0.6) is 0 Å². The van der Waals surface area contributed by atoms with E-state index in [0.29, 0.717) is 36.0 Å². The molecule has 7 heteroatoms. The third-order valence-electron chi connectivity index (χ3n) is 5.15. The number of aromatic nitrogens is 2. The third kappa shape index (κ3) is 4.31. The molecule has 0 spiro atoms. The van der Waals surface area contributed by atoms with Crippen molar-refractivity contribution in [1.29, 1.82) is 0 Å². The maximum absolute atomic E-state index is 13.0. The van der Waals surface area contributed by atoms with E-state index in [4.69, 9.17) is 0 Å². The van der Waals surface area contributed by atoms with Gasteiger partial charge in [0.15, 0.2) is 0 Å². The van der Waals surface area contributed by atoms with Gasteiger partial charge in [-0.1, -0.05) is 42.5 Å². The molecule has 150 valence electrons. The maximum Gasteiger partial charge on any atom is 0.243 e. The lowest BCUT2D eigenvalue weighted by atomic mass is 10.1. The molecular weight excluding hydrogens is 384 g/mol. The topological polar surface area (TPSA) is 75.2 Å². The molecule has 1 N–H and O–H groups in total. The van der Waals surface area contributed by atoms with Crippen LogP contribution in [0, 0.1) is 6.92 Å². The average molecular weight is 409 g/mol. The molecule has 2 aromatic carbocycles. The van der Waals surface area contributed by atoms with Gasteiger partial charge in [-0.15, -0.1) is 10.2 Å². The molecule has 0 unspecified atom stereocenters. The van der Waals surface area contributed by atoms with Crippen LogP contribution < -0.4 is 5.32 Å². The lowest BCUT2D eigenvalue weighted by Gasteiger charge is -2.17. The second-order valence-electron chi connectivity index (χ2n) is 7.23. The number of anilines is 1. The van der Waals surface area contributed by atoms with E-state index in [9.17, 15) is 8.42 Å². The lowest BCUT2D eigenvalue weighted by Crippen LogP contribution is -2.28. The molecule has 1 aliphatic heterocycles. The number of nitrogens with zero attached hydrogens (tertiary/aromatic N) is 3. The first-order chi connectivity index (χ1) is 14.0. The molecule has 0 aliphatic carbocycles. The van der Waals surface area contributed by atoms with E-state index in [1.165, 1.54) is 0 Å². The van der Waals surface area contributed by atoms with Gasteiger partial charge in [0.05, 0.1) is 10.6 Å². The molecule has 0 saturated carbocycles. The van der Waals surface area contributed by atoms with Gasteiger partial charge in [-0.2, -0.15) is 4.31 Å². The quantitative estimate of drug-likeness (QED) is 0.671. The molecule has 4 rings (SSSR count). The van der Waals surface area contributed by atoms with Crippen molar-refractivity contribution >= 4 is 15.8 Å². The Kier molecular flexibility index (Phi) is 5.60. The van der Waals surface area contributed by atoms with Crippen LogP contribution >= 0.6 is 0 Å². The number of hydrogen-bond acceptors (Lipinski definition) is 5. The van der Waals surface area contributed by atoms with Crippen LogP contribution in [0.15, 0.2) is 65.6 Å². The summed E-state index contributed by atoms with van der Waals surface area (Å²) in [7, 11) is -3.47. The number of aryl methyl sites for hydroxylation is 1. The Morgan fingerprint density at radius 3 is 2.41 bits per heavy atom. The van der Waals surface area contributed by atoms with Crippen molar-refractivity contribution in [1.82, 2.24) is 14.5 Å². The number of sulfonamides is 1. The van der Waals surface area contributed by atoms with Gasteiger partial charge < -0.3 is 5.32 Å². The largest absolute Gasteiger partial charge is 0.365 e. The first-order valence-electron chi connectivity index (χ1n) is 9.77. The molecule has 1 aliphatic rings. The monoisotopic (exact) mass is 408 g/mol. The Labute approximate surface area is 171 Å². The van der Waals surface area contributed by atoms with Crippen LogP contribution in [-0.2, 0) is 16.6 Å². The fourth-order valence-corrected chi connectivity index (χ4v) is 5.24. The summed E-state index contributed by atoms with van der Waals surface area (Å²) in [4.78, 5) is 0.352. The molecule has 3 aromatic rings. The van der Waals surface area contributed by atoms with Crippen LogP contribution in [0.25, 0.3) is 11.3 Å². The van der Waals surface area contributed by atoms with Gasteiger partial charge in [-0.3, -0.25) is 0 Å². The zero-order valence-corrected chi connectivity index (χ0v) is 17.2. The zero-order chi connectivity index (χ0) is 20.3. The Morgan fingerprint density at radius 2 is 1.72 bits per heavy atom. The summed E-state index contributed by atoms with van der Waals surface area (Å²) in [5.41, 5.74) is 3.30. The highest BCUT2D eigenvalue weighted by Gasteiger charge is 2.28. The van der Waals surface area contributed by atoms with Crippen LogP contribution in [0.2, 0.25) is 0 Å². The SMILES string of the molecule is Cc1ccc(-c2ccc(NCc3ccccc3)nn2)cc1S(=O)(=O)N1CCCC1. The molecule has 0 bridgehead atoms. The van der Waals surface area contributed by atoms with E-state index in [1.54, 1.807) is 10.4 Å². The summed E-state index contributed by atoms with van der Waals surface area (Å²) in [6.07, 6.45) is 1.84. The summed E-state index contributed by atoms with van der Waals surface area (Å²) < 4.78 is 27.6. The predicted octanol–water partition coefficient (Wildman–Crippen LogP) is 3.85. The Hall–Kier alpha value is -2.77. The normalized spacial score (nSPS) is 14.8. The van der Waals surface area contributed by atoms with Gasteiger partial charge in [-0.05, 0) is 49.1 Å². The van der Waals surface area contributed by atoms with E-state index in [2.05, 4.69) is 15.5 Å². The van der Waals surface area contributed by atoms with Crippen LogP contribution in [-0.4, -0.2) is 36.0 Å². The molecule has 2 heterocycles. The third-order valence-corrected chi connectivity index (χ3v) is 7.19. The first kappa shape index (κ1) is 19.5. The van der Waals surface area contributed by atoms with Crippen LogP contribution in [0.3, 0.4) is 0 Å². The second kappa shape index (κ2) is 8.31. The van der Waals surface area contributed by atoms with Crippen molar-refractivity contribution in [3.8, 4) is 11.3 Å². The fraction of sp³-hybridized carbons (Fsp3) is 0.273. The predicted molar refractivity (Wildman–Crippen MR) is 114 cm³/mol. The minimum atomic E-state index is -3.47. The number of benzene rings is 2. The summed E-state index contributed by atoms with van der Waals surface area (Å²) in [5.74, 6) is 0.676. The molecule has 1 saturated heterocycles. The van der Waals surface area contributed by atoms with Crippen LogP contribution in [0.1, 0.15) is 24.0 Å². The minimum absolute atomic E-state index is 0.352. The van der Waals surface area contributed by atoms with E-state index >= 15 is 0 Å². The highest BCUT2D eigenvalue weighted by molar-refractivity contribution is 7.89. The minimum Gasteiger partial charge on any atom is -0.365 e. The second-order valence-corrected chi connectivity index (χ2v) is 9.14. The Balaban J connectivity index is 1.54. The molecule has 0 atom stereocenters. The number of nitrogens with one attached hydrogen (secondary N) is 1. The van der Waals surface area contributed by atoms with Gasteiger partial charge >= 0.3 is 0 Å². The highest BCUT2D eigenvalue weighted by Crippen LogP contribution is 2.28. The summed E-state index contributed by atoms with van der Waals surface area (Å²) in [5, 5.41) is 11.8. The highest BCUT2D eigenvalue weighted by atomic mass is 32.2. The summed E-state index contributed by atoms with van der Waals surface area (Å²) in [6.45, 7) is 3.67. The zero-order valence-electron chi connectivity index (χ0n) is 16.4. The van der Waals surface area contributed by atoms with Gasteiger partial charge in [0.1, 0.15) is 5.82 Å². The van der Waals surface area contributed by atoms with E-state index in [0.717, 1.165) is 29.5 Å². The van der Waals surface area contributed by atoms with Gasteiger partial charge in [0.2, 0.25) is 10.0 Å². The maximum atomic E-state index is 13.0. The molecular formula is C22H24N4O2S. The molecule has 0 amide bonds. The molecule has 1 fully saturated rings. The summed E-state index contributed by atoms with van der Waals surface area (Å²) in [6, 6.07) is 19.2. The fourth-order valence-electron chi connectivity index (χ4n) is 3.47. The number of rotatable bonds is 6. The molecule has 6 nitrogen and oxygen atoms in total. The smallest absolute Gasteiger partial charge is 0.243 e. The Morgan fingerprint density at radius 1 is 0.966 bits per heavy atom. The van der Waals surface area contributed by atoms with E-state index in [-0.39, 0.29) is 0 Å². The number of hydrogen-bond donors (Lipinski definition) is 1. The van der Waals surface area contributed by atoms with Crippen molar-refractivity contribution in [3.05, 3.63) is 71.8 Å². The first-order valence-corrected chi connectivity index (χ1v) is 11.2. The van der Waals surface area contributed by atoms with Crippen molar-refractivity contribution in [2.75, 3.05) is 18.4 Å². The average Bonchev–Trinajstić information content (AvgIpc) is 3.30. The molecule has 1 aromatic heterocycles. The van der Waals surface area contributed by atoms with Crippen molar-refractivity contribution in [3.63, 3.8) is 0 Å². The van der Waals surface area contributed by atoms with Crippen LogP contribution in [0.4, 0.5) is 5.82 Å². The summed E-state index contributed by atoms with van der Waals surface area (Å²) >= 11 is 0. The van der Waals surface area contributed by atoms with Gasteiger partial charge in [-0.25, -0.2) is 8.42 Å². The Bertz CT molecular complexity index is 1080. The van der Waals surface area contributed by atoms with Crippen molar-refractivity contribution in [2.24, 2.45) is 0 Å². The van der Waals surface area contributed by atoms with E-state index < -0.39 is 10.0 Å². The van der Waals surface area contributed by atoms with Crippen molar-refractivity contribution < 1.29 is 8.42 Å². The van der Waals surface area contributed by atoms with E-state index in [1.807, 2.05) is 61.5 Å². The van der Waals surface area contributed by atoms with Crippen molar-refractivity contribution in [2.45, 2.75) is 31.2 Å². The van der Waals surface area contributed by atoms with Gasteiger partial charge in [0.25, 0.3) is 0 Å². The molecule has 0 radical (unpaired) electrons. The lowest BCUT2D eigenvalue weighted by molar-refractivity contribution is 0.477. The van der Waals surface area contributed by atoms with Gasteiger partial charge in [0, 0.05) is 25.2 Å².